The standard InChI is InChI=1S/C13H16O4/c1-6(9(4)15)11-7(2)12(16)8(3)13(17)10(11)5-14/h5-6,16-17H,1-4H3. The number of carbonyl (C=O) groups is 2. The summed E-state index contributed by atoms with van der Waals surface area (Å²) in [6.07, 6.45) is 0.517. The van der Waals surface area contributed by atoms with Crippen LogP contribution in [-0.4, -0.2) is 22.3 Å². The van der Waals surface area contributed by atoms with Crippen LogP contribution in [-0.2, 0) is 4.79 Å². The minimum atomic E-state index is -0.535. The number of hydrogen-bond donors (Lipinski definition) is 2. The van der Waals surface area contributed by atoms with Gasteiger partial charge in [0.15, 0.2) is 6.29 Å². The Balaban J connectivity index is 3.69. The second-order valence-corrected chi connectivity index (χ2v) is 4.22. The van der Waals surface area contributed by atoms with Crippen LogP contribution in [0, 0.1) is 13.8 Å². The number of hydrogen-bond acceptors (Lipinski definition) is 4. The van der Waals surface area contributed by atoms with Crippen molar-refractivity contribution in [3.8, 4) is 11.5 Å². The van der Waals surface area contributed by atoms with Gasteiger partial charge in [-0.1, -0.05) is 6.92 Å². The number of ketones is 1. The number of rotatable bonds is 3. The first-order valence-electron chi connectivity index (χ1n) is 5.33. The second-order valence-electron chi connectivity index (χ2n) is 4.22. The van der Waals surface area contributed by atoms with Crippen molar-refractivity contribution in [2.75, 3.05) is 0 Å². The molecule has 1 atom stereocenters. The molecular weight excluding hydrogens is 220 g/mol. The monoisotopic (exact) mass is 236 g/mol. The van der Waals surface area contributed by atoms with Gasteiger partial charge < -0.3 is 10.2 Å². The first-order valence-corrected chi connectivity index (χ1v) is 5.33. The minimum absolute atomic E-state index is 0.0730. The third-order valence-corrected chi connectivity index (χ3v) is 3.18. The van der Waals surface area contributed by atoms with E-state index in [0.29, 0.717) is 17.4 Å². The Kier molecular flexibility index (Phi) is 3.56. The van der Waals surface area contributed by atoms with Gasteiger partial charge in [0, 0.05) is 11.5 Å². The number of Topliss-reactive ketones (excluding diaryl/α,β-unsaturated/α-hetero) is 1. The molecule has 0 aromatic heterocycles. The molecule has 1 unspecified atom stereocenters. The molecule has 0 heterocycles. The normalized spacial score (nSPS) is 12.2. The maximum Gasteiger partial charge on any atom is 0.154 e. The lowest BCUT2D eigenvalue weighted by Crippen LogP contribution is -2.10. The SMILES string of the molecule is CC(=O)C(C)c1c(C)c(O)c(C)c(O)c1C=O. The summed E-state index contributed by atoms with van der Waals surface area (Å²) in [6.45, 7) is 6.20. The third-order valence-electron chi connectivity index (χ3n) is 3.18. The van der Waals surface area contributed by atoms with Gasteiger partial charge in [0.2, 0.25) is 0 Å². The van der Waals surface area contributed by atoms with Crippen LogP contribution in [0.5, 0.6) is 11.5 Å². The van der Waals surface area contributed by atoms with Gasteiger partial charge in [-0.2, -0.15) is 0 Å². The molecule has 17 heavy (non-hydrogen) atoms. The maximum absolute atomic E-state index is 11.4. The van der Waals surface area contributed by atoms with Gasteiger partial charge in [0.05, 0.1) is 5.56 Å². The number of benzene rings is 1. The molecule has 0 saturated carbocycles. The highest BCUT2D eigenvalue weighted by atomic mass is 16.3. The minimum Gasteiger partial charge on any atom is -0.507 e. The molecule has 4 heteroatoms. The van der Waals surface area contributed by atoms with Crippen molar-refractivity contribution in [2.24, 2.45) is 0 Å². The summed E-state index contributed by atoms with van der Waals surface area (Å²) in [4.78, 5) is 22.4. The van der Waals surface area contributed by atoms with E-state index in [-0.39, 0.29) is 28.4 Å². The summed E-state index contributed by atoms with van der Waals surface area (Å²) in [7, 11) is 0. The number of phenolic OH excluding ortho intramolecular Hbond substituents is 2. The highest BCUT2D eigenvalue weighted by molar-refractivity contribution is 5.91. The quantitative estimate of drug-likeness (QED) is 0.789. The van der Waals surface area contributed by atoms with Crippen LogP contribution in [0.2, 0.25) is 0 Å². The molecule has 0 aliphatic carbocycles. The van der Waals surface area contributed by atoms with E-state index < -0.39 is 5.92 Å². The zero-order chi connectivity index (χ0) is 13.3. The molecule has 0 fully saturated rings. The summed E-state index contributed by atoms with van der Waals surface area (Å²) >= 11 is 0. The van der Waals surface area contributed by atoms with Crippen LogP contribution in [0.1, 0.15) is 46.8 Å². The average Bonchev–Trinajstić information content (AvgIpc) is 2.29. The average molecular weight is 236 g/mol. The fraction of sp³-hybridized carbons (Fsp3) is 0.385. The highest BCUT2D eigenvalue weighted by Gasteiger charge is 2.24. The van der Waals surface area contributed by atoms with Crippen molar-refractivity contribution < 1.29 is 19.8 Å². The van der Waals surface area contributed by atoms with Crippen molar-refractivity contribution in [3.63, 3.8) is 0 Å². The zero-order valence-corrected chi connectivity index (χ0v) is 10.4. The fourth-order valence-corrected chi connectivity index (χ4v) is 1.93. The molecule has 1 rings (SSSR count). The maximum atomic E-state index is 11.4. The van der Waals surface area contributed by atoms with Crippen molar-refractivity contribution in [3.05, 3.63) is 22.3 Å². The van der Waals surface area contributed by atoms with Crippen molar-refractivity contribution in [2.45, 2.75) is 33.6 Å². The third kappa shape index (κ3) is 2.02. The van der Waals surface area contributed by atoms with E-state index in [9.17, 15) is 19.8 Å². The molecular formula is C13H16O4. The molecule has 0 bridgehead atoms. The summed E-state index contributed by atoms with van der Waals surface area (Å²) < 4.78 is 0. The first kappa shape index (κ1) is 13.2. The van der Waals surface area contributed by atoms with Gasteiger partial charge in [-0.25, -0.2) is 0 Å². The Labute approximate surface area is 99.9 Å². The summed E-state index contributed by atoms with van der Waals surface area (Å²) in [5.41, 5.74) is 1.20. The van der Waals surface area contributed by atoms with Gasteiger partial charge in [0.1, 0.15) is 17.3 Å². The number of carbonyl (C=O) groups excluding carboxylic acids is 2. The van der Waals surface area contributed by atoms with Crippen LogP contribution in [0.4, 0.5) is 0 Å². The van der Waals surface area contributed by atoms with Crippen molar-refractivity contribution in [1.29, 1.82) is 0 Å². The molecule has 0 spiro atoms. The van der Waals surface area contributed by atoms with E-state index in [0.717, 1.165) is 0 Å². The number of aromatic hydroxyl groups is 2. The molecule has 0 aliphatic rings. The lowest BCUT2D eigenvalue weighted by molar-refractivity contribution is -0.118. The lowest BCUT2D eigenvalue weighted by atomic mass is 9.87. The molecule has 0 radical (unpaired) electrons. The van der Waals surface area contributed by atoms with E-state index >= 15 is 0 Å². The van der Waals surface area contributed by atoms with Gasteiger partial charge in [-0.3, -0.25) is 9.59 Å². The molecule has 1 aromatic rings. The van der Waals surface area contributed by atoms with Crippen LogP contribution >= 0.6 is 0 Å². The summed E-state index contributed by atoms with van der Waals surface area (Å²) in [5.74, 6) is -0.992. The van der Waals surface area contributed by atoms with E-state index in [2.05, 4.69) is 0 Å². The smallest absolute Gasteiger partial charge is 0.154 e. The Hall–Kier alpha value is -1.84. The van der Waals surface area contributed by atoms with Gasteiger partial charge >= 0.3 is 0 Å². The first-order chi connectivity index (χ1) is 7.82. The number of phenols is 2. The summed E-state index contributed by atoms with van der Waals surface area (Å²) in [6, 6.07) is 0. The Bertz CT molecular complexity index is 489. The van der Waals surface area contributed by atoms with E-state index in [1.165, 1.54) is 13.8 Å². The molecule has 92 valence electrons. The van der Waals surface area contributed by atoms with Gasteiger partial charge in [-0.15, -0.1) is 0 Å². The van der Waals surface area contributed by atoms with Crippen molar-refractivity contribution >= 4 is 12.1 Å². The van der Waals surface area contributed by atoms with E-state index in [1.807, 2.05) is 0 Å². The second kappa shape index (κ2) is 4.57. The topological polar surface area (TPSA) is 74.6 Å². The molecule has 1 aromatic carbocycles. The predicted molar refractivity (Wildman–Crippen MR) is 63.7 cm³/mol. The lowest BCUT2D eigenvalue weighted by Gasteiger charge is -2.18. The number of aldehydes is 1. The zero-order valence-electron chi connectivity index (χ0n) is 10.4. The van der Waals surface area contributed by atoms with Crippen LogP contribution < -0.4 is 0 Å². The van der Waals surface area contributed by atoms with Crippen molar-refractivity contribution in [1.82, 2.24) is 0 Å². The Morgan fingerprint density at radius 3 is 2.12 bits per heavy atom. The van der Waals surface area contributed by atoms with Gasteiger partial charge in [-0.05, 0) is 31.9 Å². The van der Waals surface area contributed by atoms with Gasteiger partial charge in [0.25, 0.3) is 0 Å². The molecule has 2 N–H and O–H groups in total. The van der Waals surface area contributed by atoms with Crippen LogP contribution in [0.15, 0.2) is 0 Å². The fourth-order valence-electron chi connectivity index (χ4n) is 1.93. The molecule has 4 nitrogen and oxygen atoms in total. The predicted octanol–water partition coefficient (Wildman–Crippen LogP) is 2.22. The molecule has 0 aliphatic heterocycles. The van der Waals surface area contributed by atoms with Crippen LogP contribution in [0.3, 0.4) is 0 Å². The Morgan fingerprint density at radius 1 is 1.18 bits per heavy atom. The molecule has 0 amide bonds. The van der Waals surface area contributed by atoms with Crippen LogP contribution in [0.25, 0.3) is 0 Å². The Morgan fingerprint density at radius 2 is 1.71 bits per heavy atom. The van der Waals surface area contributed by atoms with E-state index in [1.54, 1.807) is 13.8 Å². The summed E-state index contributed by atoms with van der Waals surface area (Å²) in [5, 5.41) is 19.6. The largest absolute Gasteiger partial charge is 0.507 e. The molecule has 0 saturated heterocycles. The van der Waals surface area contributed by atoms with E-state index in [4.69, 9.17) is 0 Å². The highest BCUT2D eigenvalue weighted by Crippen LogP contribution is 2.39.